The highest BCUT2D eigenvalue weighted by Crippen LogP contribution is 2.42. The van der Waals surface area contributed by atoms with Crippen molar-refractivity contribution in [2.45, 2.75) is 6.23 Å². The highest BCUT2D eigenvalue weighted by molar-refractivity contribution is 6.30. The fourth-order valence-corrected chi connectivity index (χ4v) is 3.04. The van der Waals surface area contributed by atoms with Crippen molar-refractivity contribution in [2.75, 3.05) is 0 Å². The Morgan fingerprint density at radius 2 is 1.65 bits per heavy atom. The molecule has 2 heterocycles. The van der Waals surface area contributed by atoms with Gasteiger partial charge in [-0.3, -0.25) is 0 Å². The van der Waals surface area contributed by atoms with Crippen molar-refractivity contribution in [3.63, 3.8) is 0 Å². The first kappa shape index (κ1) is 14.1. The van der Waals surface area contributed by atoms with Gasteiger partial charge >= 0.3 is 0 Å². The molecule has 0 saturated heterocycles. The van der Waals surface area contributed by atoms with Crippen molar-refractivity contribution in [3.8, 4) is 17.1 Å². The van der Waals surface area contributed by atoms with E-state index in [1.165, 1.54) is 0 Å². The van der Waals surface area contributed by atoms with E-state index in [0.29, 0.717) is 27.6 Å². The molecule has 1 atom stereocenters. The maximum Gasteiger partial charge on any atom is 0.198 e. The van der Waals surface area contributed by atoms with Crippen LogP contribution in [0.4, 0.5) is 0 Å². The SMILES string of the molecule is Oc1[nH]c(-c2ccccc2)c2c1C(c1ccc(Cl)cc1)=NC2O. The molecule has 5 heteroatoms. The molecule has 0 spiro atoms. The van der Waals surface area contributed by atoms with Crippen LogP contribution < -0.4 is 0 Å². The molecule has 1 unspecified atom stereocenters. The van der Waals surface area contributed by atoms with Crippen molar-refractivity contribution < 1.29 is 10.2 Å². The van der Waals surface area contributed by atoms with Crippen LogP contribution in [0.3, 0.4) is 0 Å². The van der Waals surface area contributed by atoms with Crippen LogP contribution in [0.15, 0.2) is 59.6 Å². The Morgan fingerprint density at radius 3 is 2.35 bits per heavy atom. The van der Waals surface area contributed by atoms with Gasteiger partial charge in [-0.1, -0.05) is 54.1 Å². The summed E-state index contributed by atoms with van der Waals surface area (Å²) in [6, 6.07) is 16.7. The van der Waals surface area contributed by atoms with E-state index in [1.807, 2.05) is 42.5 Å². The molecule has 1 aliphatic rings. The largest absolute Gasteiger partial charge is 0.494 e. The van der Waals surface area contributed by atoms with E-state index in [0.717, 1.165) is 11.1 Å². The normalized spacial score (nSPS) is 16.3. The molecule has 4 nitrogen and oxygen atoms in total. The minimum absolute atomic E-state index is 0.00380. The number of nitrogens with one attached hydrogen (secondary N) is 1. The molecule has 4 rings (SSSR count). The molecule has 2 aromatic carbocycles. The predicted molar refractivity (Wildman–Crippen MR) is 89.9 cm³/mol. The summed E-state index contributed by atoms with van der Waals surface area (Å²) in [4.78, 5) is 7.27. The molecule has 0 saturated carbocycles. The second kappa shape index (κ2) is 5.26. The Labute approximate surface area is 137 Å². The lowest BCUT2D eigenvalue weighted by atomic mass is 10.00. The van der Waals surface area contributed by atoms with Gasteiger partial charge in [-0.05, 0) is 17.7 Å². The first-order valence-electron chi connectivity index (χ1n) is 7.17. The average molecular weight is 325 g/mol. The number of aromatic amines is 1. The first-order valence-corrected chi connectivity index (χ1v) is 7.55. The summed E-state index contributed by atoms with van der Waals surface area (Å²) in [6.45, 7) is 0. The fourth-order valence-electron chi connectivity index (χ4n) is 2.91. The van der Waals surface area contributed by atoms with Crippen LogP contribution in [0.5, 0.6) is 5.88 Å². The maximum absolute atomic E-state index is 10.4. The van der Waals surface area contributed by atoms with Gasteiger partial charge in [0, 0.05) is 16.1 Å². The number of aliphatic imine (C=N–C) groups is 1. The van der Waals surface area contributed by atoms with Crippen molar-refractivity contribution in [3.05, 3.63) is 76.3 Å². The van der Waals surface area contributed by atoms with Gasteiger partial charge in [0.15, 0.2) is 12.1 Å². The van der Waals surface area contributed by atoms with Crippen molar-refractivity contribution >= 4 is 17.3 Å². The van der Waals surface area contributed by atoms with E-state index in [9.17, 15) is 10.2 Å². The van der Waals surface area contributed by atoms with E-state index >= 15 is 0 Å². The highest BCUT2D eigenvalue weighted by atomic mass is 35.5. The molecule has 3 aromatic rings. The zero-order valence-electron chi connectivity index (χ0n) is 12.0. The zero-order chi connectivity index (χ0) is 16.0. The van der Waals surface area contributed by atoms with Crippen LogP contribution >= 0.6 is 11.6 Å². The summed E-state index contributed by atoms with van der Waals surface area (Å²) in [6.07, 6.45) is -1.01. The standard InChI is InChI=1S/C18H13ClN2O2/c19-12-8-6-11(7-9-12)16-14-13(17(22)21-16)15(20-18(14)23)10-4-2-1-3-5-10/h1-9,17,20,22-23H. The number of benzene rings is 2. The topological polar surface area (TPSA) is 68.6 Å². The molecule has 0 fully saturated rings. The molecule has 0 aliphatic carbocycles. The number of rotatable bonds is 2. The number of aliphatic hydroxyl groups excluding tert-OH is 1. The van der Waals surface area contributed by atoms with Crippen LogP contribution in [-0.4, -0.2) is 20.9 Å². The van der Waals surface area contributed by atoms with Gasteiger partial charge in [0.1, 0.15) is 0 Å². The Morgan fingerprint density at radius 1 is 0.957 bits per heavy atom. The lowest BCUT2D eigenvalue weighted by Gasteiger charge is -2.04. The Balaban J connectivity index is 1.88. The zero-order valence-corrected chi connectivity index (χ0v) is 12.7. The van der Waals surface area contributed by atoms with Gasteiger partial charge in [-0.15, -0.1) is 0 Å². The third-order valence-electron chi connectivity index (χ3n) is 3.95. The Bertz CT molecular complexity index is 899. The minimum atomic E-state index is -1.01. The monoisotopic (exact) mass is 324 g/mol. The first-order chi connectivity index (χ1) is 11.1. The molecule has 0 bridgehead atoms. The smallest absolute Gasteiger partial charge is 0.198 e. The average Bonchev–Trinajstić information content (AvgIpc) is 3.09. The lowest BCUT2D eigenvalue weighted by molar-refractivity contribution is 0.193. The number of hydrogen-bond acceptors (Lipinski definition) is 3. The van der Waals surface area contributed by atoms with E-state index in [1.54, 1.807) is 12.1 Å². The molecule has 1 aliphatic heterocycles. The number of fused-ring (bicyclic) bond motifs is 1. The summed E-state index contributed by atoms with van der Waals surface area (Å²) in [5, 5.41) is 21.3. The Kier molecular flexibility index (Phi) is 3.22. The molecule has 23 heavy (non-hydrogen) atoms. The van der Waals surface area contributed by atoms with E-state index in [2.05, 4.69) is 9.98 Å². The number of hydrogen-bond donors (Lipinski definition) is 3. The van der Waals surface area contributed by atoms with Gasteiger partial charge in [-0.2, -0.15) is 0 Å². The van der Waals surface area contributed by atoms with Crippen LogP contribution in [0, 0.1) is 0 Å². The number of halogens is 1. The van der Waals surface area contributed by atoms with Crippen molar-refractivity contribution in [1.29, 1.82) is 0 Å². The van der Waals surface area contributed by atoms with Crippen LogP contribution in [0.25, 0.3) is 11.3 Å². The highest BCUT2D eigenvalue weighted by Gasteiger charge is 2.33. The number of aliphatic hydroxyl groups is 1. The molecular weight excluding hydrogens is 312 g/mol. The predicted octanol–water partition coefficient (Wildman–Crippen LogP) is 3.88. The van der Waals surface area contributed by atoms with Gasteiger partial charge in [0.25, 0.3) is 0 Å². The number of aromatic hydroxyl groups is 1. The van der Waals surface area contributed by atoms with E-state index in [-0.39, 0.29) is 5.88 Å². The quantitative estimate of drug-likeness (QED) is 0.669. The Hall–Kier alpha value is -2.56. The van der Waals surface area contributed by atoms with Crippen LogP contribution in [-0.2, 0) is 0 Å². The molecule has 1 aromatic heterocycles. The fraction of sp³-hybridized carbons (Fsp3) is 0.0556. The van der Waals surface area contributed by atoms with Crippen LogP contribution in [0.1, 0.15) is 22.9 Å². The summed E-state index contributed by atoms with van der Waals surface area (Å²) >= 11 is 5.92. The second-order valence-electron chi connectivity index (χ2n) is 5.36. The third-order valence-corrected chi connectivity index (χ3v) is 4.20. The van der Waals surface area contributed by atoms with Crippen molar-refractivity contribution in [1.82, 2.24) is 4.98 Å². The number of aromatic nitrogens is 1. The second-order valence-corrected chi connectivity index (χ2v) is 5.80. The summed E-state index contributed by atoms with van der Waals surface area (Å²) in [5.41, 5.74) is 4.05. The maximum atomic E-state index is 10.4. The van der Waals surface area contributed by atoms with Gasteiger partial charge in [0.05, 0.1) is 17.0 Å². The van der Waals surface area contributed by atoms with E-state index < -0.39 is 6.23 Å². The molecule has 0 amide bonds. The molecule has 114 valence electrons. The lowest BCUT2D eigenvalue weighted by Crippen LogP contribution is -1.99. The van der Waals surface area contributed by atoms with Gasteiger partial charge in [0.2, 0.25) is 0 Å². The minimum Gasteiger partial charge on any atom is -0.494 e. The number of nitrogens with zero attached hydrogens (tertiary/aromatic N) is 1. The third kappa shape index (κ3) is 2.23. The molecular formula is C18H13ClN2O2. The number of H-pyrrole nitrogens is 1. The summed E-state index contributed by atoms with van der Waals surface area (Å²) in [5.74, 6) is 0.00380. The van der Waals surface area contributed by atoms with Gasteiger partial charge < -0.3 is 15.2 Å². The molecule has 3 N–H and O–H groups in total. The van der Waals surface area contributed by atoms with Crippen LogP contribution in [0.2, 0.25) is 5.02 Å². The van der Waals surface area contributed by atoms with Gasteiger partial charge in [-0.25, -0.2) is 4.99 Å². The van der Waals surface area contributed by atoms with E-state index in [4.69, 9.17) is 11.6 Å². The summed E-state index contributed by atoms with van der Waals surface area (Å²) in [7, 11) is 0. The summed E-state index contributed by atoms with van der Waals surface area (Å²) < 4.78 is 0. The molecule has 0 radical (unpaired) electrons. The van der Waals surface area contributed by atoms with Crippen molar-refractivity contribution in [2.24, 2.45) is 4.99 Å².